The van der Waals surface area contributed by atoms with Gasteiger partial charge in [0.1, 0.15) is 0 Å². The van der Waals surface area contributed by atoms with Crippen LogP contribution in [0.3, 0.4) is 0 Å². The van der Waals surface area contributed by atoms with Gasteiger partial charge in [-0.2, -0.15) is 26.3 Å². The Morgan fingerprint density at radius 2 is 1.43 bits per heavy atom. The van der Waals surface area contributed by atoms with E-state index in [1.165, 1.54) is 17.0 Å². The molecule has 0 bridgehead atoms. The fourth-order valence-corrected chi connectivity index (χ4v) is 2.30. The summed E-state index contributed by atoms with van der Waals surface area (Å²) in [7, 11) is -4.51. The van der Waals surface area contributed by atoms with E-state index < -0.39 is 39.1 Å². The van der Waals surface area contributed by atoms with Gasteiger partial charge in [-0.3, -0.25) is 10.2 Å². The lowest BCUT2D eigenvalue weighted by molar-refractivity contribution is -0.274. The third kappa shape index (κ3) is 5.10. The fourth-order valence-electron chi connectivity index (χ4n) is 1.45. The zero-order chi connectivity index (χ0) is 18.1. The zero-order valence-electron chi connectivity index (χ0n) is 11.3. The van der Waals surface area contributed by atoms with Crippen LogP contribution in [0.5, 0.6) is 0 Å². The van der Waals surface area contributed by atoms with Crippen LogP contribution in [0.25, 0.3) is 0 Å². The van der Waals surface area contributed by atoms with E-state index in [9.17, 15) is 39.6 Å². The normalized spacial score (nSPS) is 13.2. The smallest absolute Gasteiger partial charge is 0.277 e. The van der Waals surface area contributed by atoms with Gasteiger partial charge in [0.25, 0.3) is 15.9 Å². The second-order valence-electron chi connectivity index (χ2n) is 4.42. The first-order valence-corrected chi connectivity index (χ1v) is 7.25. The molecule has 0 saturated heterocycles. The van der Waals surface area contributed by atoms with E-state index in [2.05, 4.69) is 0 Å². The number of carbonyl (C=O) groups is 1. The van der Waals surface area contributed by atoms with Crippen molar-refractivity contribution in [2.24, 2.45) is 5.92 Å². The Bertz CT molecular complexity index is 652. The van der Waals surface area contributed by atoms with Crippen LogP contribution in [0.4, 0.5) is 26.3 Å². The van der Waals surface area contributed by atoms with Crippen molar-refractivity contribution in [3.05, 3.63) is 29.8 Å². The summed E-state index contributed by atoms with van der Waals surface area (Å²) in [6, 6.07) is 4.83. The predicted octanol–water partition coefficient (Wildman–Crippen LogP) is 2.05. The molecule has 0 radical (unpaired) electrons. The van der Waals surface area contributed by atoms with Crippen LogP contribution < -0.4 is 10.3 Å². The second kappa shape index (κ2) is 6.35. The largest absolute Gasteiger partial charge is 0.409 e. The van der Waals surface area contributed by atoms with Gasteiger partial charge in [-0.1, -0.05) is 17.7 Å². The summed E-state index contributed by atoms with van der Waals surface area (Å²) in [5.41, 5.74) is 1.60. The van der Waals surface area contributed by atoms with Crippen molar-refractivity contribution >= 4 is 15.9 Å². The van der Waals surface area contributed by atoms with Crippen LogP contribution in [-0.4, -0.2) is 26.7 Å². The third-order valence-electron chi connectivity index (χ3n) is 2.56. The quantitative estimate of drug-likeness (QED) is 0.634. The molecule has 12 heteroatoms. The lowest BCUT2D eigenvalue weighted by atomic mass is 10.1. The minimum absolute atomic E-state index is 0.445. The van der Waals surface area contributed by atoms with E-state index in [4.69, 9.17) is 0 Å². The monoisotopic (exact) mass is 364 g/mol. The van der Waals surface area contributed by atoms with Crippen molar-refractivity contribution in [3.63, 3.8) is 0 Å². The van der Waals surface area contributed by atoms with Crippen molar-refractivity contribution in [1.82, 2.24) is 10.3 Å². The lowest BCUT2D eigenvalue weighted by Crippen LogP contribution is -2.52. The molecule has 0 aromatic heterocycles. The molecule has 23 heavy (non-hydrogen) atoms. The zero-order valence-corrected chi connectivity index (χ0v) is 12.1. The second-order valence-corrected chi connectivity index (χ2v) is 6.11. The summed E-state index contributed by atoms with van der Waals surface area (Å²) in [5, 5.41) is 0. The molecule has 0 aliphatic carbocycles. The van der Waals surface area contributed by atoms with E-state index in [-0.39, 0.29) is 0 Å². The van der Waals surface area contributed by atoms with Gasteiger partial charge in [0, 0.05) is 0 Å². The van der Waals surface area contributed by atoms with Crippen LogP contribution in [0.2, 0.25) is 0 Å². The average molecular weight is 364 g/mol. The molecule has 2 N–H and O–H groups in total. The first-order chi connectivity index (χ1) is 10.2. The molecule has 0 saturated carbocycles. The van der Waals surface area contributed by atoms with Gasteiger partial charge < -0.3 is 0 Å². The van der Waals surface area contributed by atoms with Gasteiger partial charge >= 0.3 is 12.4 Å². The molecule has 0 aliphatic heterocycles. The highest BCUT2D eigenvalue weighted by molar-refractivity contribution is 7.89. The molecule has 1 rings (SSSR count). The highest BCUT2D eigenvalue weighted by Crippen LogP contribution is 2.39. The molecule has 1 aromatic rings. The minimum Gasteiger partial charge on any atom is -0.277 e. The van der Waals surface area contributed by atoms with Crippen LogP contribution in [0, 0.1) is 12.8 Å². The van der Waals surface area contributed by atoms with E-state index in [1.54, 1.807) is 6.92 Å². The number of hydrazine groups is 1. The molecule has 5 nitrogen and oxygen atoms in total. The Kier molecular flexibility index (Phi) is 5.31. The molecule has 0 aliphatic rings. The van der Waals surface area contributed by atoms with Crippen molar-refractivity contribution < 1.29 is 39.6 Å². The Morgan fingerprint density at radius 1 is 1.00 bits per heavy atom. The molecule has 0 fully saturated rings. The standard InChI is InChI=1S/C11H10F6N2O3S/c1-6-2-4-7(5-3-6)23(21,22)19-18-9(20)8(10(12,13)14)11(15,16)17/h2-5,8,19H,1H3,(H,18,20). The first-order valence-electron chi connectivity index (χ1n) is 5.77. The van der Waals surface area contributed by atoms with Crippen molar-refractivity contribution in [1.29, 1.82) is 0 Å². The van der Waals surface area contributed by atoms with Crippen molar-refractivity contribution in [2.45, 2.75) is 24.2 Å². The highest BCUT2D eigenvalue weighted by Gasteiger charge is 2.61. The minimum atomic E-state index is -5.92. The van der Waals surface area contributed by atoms with E-state index >= 15 is 0 Å². The summed E-state index contributed by atoms with van der Waals surface area (Å²) in [6.07, 6.45) is -11.8. The summed E-state index contributed by atoms with van der Waals surface area (Å²) < 4.78 is 97.1. The molecule has 1 aromatic carbocycles. The Balaban J connectivity index is 2.91. The number of aryl methyl sites for hydroxylation is 1. The highest BCUT2D eigenvalue weighted by atomic mass is 32.2. The van der Waals surface area contributed by atoms with Gasteiger partial charge in [-0.15, -0.1) is 4.83 Å². The molecule has 1 amide bonds. The van der Waals surface area contributed by atoms with Crippen molar-refractivity contribution in [3.8, 4) is 0 Å². The predicted molar refractivity (Wildman–Crippen MR) is 65.2 cm³/mol. The topological polar surface area (TPSA) is 75.3 Å². The summed E-state index contributed by atoms with van der Waals surface area (Å²) in [5.74, 6) is -6.93. The maximum atomic E-state index is 12.3. The molecule has 0 unspecified atom stereocenters. The Labute approximate surface area is 126 Å². The van der Waals surface area contributed by atoms with E-state index in [0.717, 1.165) is 17.6 Å². The van der Waals surface area contributed by atoms with Gasteiger partial charge in [-0.05, 0) is 19.1 Å². The Morgan fingerprint density at radius 3 is 1.83 bits per heavy atom. The number of hydrogen-bond acceptors (Lipinski definition) is 3. The van der Waals surface area contributed by atoms with Gasteiger partial charge in [0.05, 0.1) is 4.90 Å². The summed E-state index contributed by atoms with van der Waals surface area (Å²) in [6.45, 7) is 1.63. The van der Waals surface area contributed by atoms with E-state index in [1.807, 2.05) is 0 Å². The molecule has 0 spiro atoms. The maximum absolute atomic E-state index is 12.3. The molecule has 0 heterocycles. The molecule has 0 atom stereocenters. The first kappa shape index (κ1) is 19.2. The average Bonchev–Trinajstić information content (AvgIpc) is 2.33. The van der Waals surface area contributed by atoms with Crippen LogP contribution >= 0.6 is 0 Å². The van der Waals surface area contributed by atoms with Gasteiger partial charge in [-0.25, -0.2) is 8.42 Å². The number of rotatable bonds is 4. The van der Waals surface area contributed by atoms with Gasteiger partial charge in [0.2, 0.25) is 5.92 Å². The number of carbonyl (C=O) groups excluding carboxylic acids is 1. The number of nitrogens with one attached hydrogen (secondary N) is 2. The lowest BCUT2D eigenvalue weighted by Gasteiger charge is -2.22. The van der Waals surface area contributed by atoms with Crippen LogP contribution in [-0.2, 0) is 14.8 Å². The van der Waals surface area contributed by atoms with Crippen LogP contribution in [0.15, 0.2) is 29.2 Å². The summed E-state index contributed by atoms with van der Waals surface area (Å²) in [4.78, 5) is 11.8. The maximum Gasteiger partial charge on any atom is 0.409 e. The number of hydrogen-bond donors (Lipinski definition) is 2. The number of sulfonamides is 1. The number of benzene rings is 1. The number of halogens is 6. The SMILES string of the molecule is Cc1ccc(S(=O)(=O)NNC(=O)C(C(F)(F)F)C(F)(F)F)cc1. The number of amides is 1. The number of alkyl halides is 6. The third-order valence-corrected chi connectivity index (χ3v) is 3.82. The van der Waals surface area contributed by atoms with Crippen molar-refractivity contribution in [2.75, 3.05) is 0 Å². The Hall–Kier alpha value is -1.82. The fraction of sp³-hybridized carbons (Fsp3) is 0.364. The van der Waals surface area contributed by atoms with Crippen LogP contribution in [0.1, 0.15) is 5.56 Å². The molecular formula is C11H10F6N2O3S. The molecular weight excluding hydrogens is 354 g/mol. The molecule has 130 valence electrons. The summed E-state index contributed by atoms with van der Waals surface area (Å²) >= 11 is 0. The van der Waals surface area contributed by atoms with Gasteiger partial charge in [0.15, 0.2) is 0 Å². The van der Waals surface area contributed by atoms with E-state index in [0.29, 0.717) is 5.56 Å².